The number of amides is 3. The lowest BCUT2D eigenvalue weighted by Gasteiger charge is -2.40. The monoisotopic (exact) mass is 650 g/mol. The molecule has 45 heavy (non-hydrogen) atoms. The lowest BCUT2D eigenvalue weighted by atomic mass is 9.77. The molecule has 2 aliphatic rings. The number of hydrogen-bond acceptors (Lipinski definition) is 8. The Balaban J connectivity index is 1.83. The van der Waals surface area contributed by atoms with E-state index in [4.69, 9.17) is 4.74 Å². The van der Waals surface area contributed by atoms with Crippen molar-refractivity contribution in [3.05, 3.63) is 71.8 Å². The van der Waals surface area contributed by atoms with Crippen molar-refractivity contribution in [2.24, 2.45) is 16.4 Å². The number of fused-ring (bicyclic) bond motifs is 1. The van der Waals surface area contributed by atoms with Crippen LogP contribution >= 0.6 is 0 Å². The molecule has 1 aliphatic heterocycles. The number of sulfonamides is 1. The second kappa shape index (κ2) is 12.5. The second-order valence-corrected chi connectivity index (χ2v) is 12.3. The summed E-state index contributed by atoms with van der Waals surface area (Å²) < 4.78 is 75.8. The number of nitrogens with zero attached hydrogens (tertiary/aromatic N) is 4. The Morgan fingerprint density at radius 1 is 1.00 bits per heavy atom. The van der Waals surface area contributed by atoms with Crippen LogP contribution in [0.1, 0.15) is 40.2 Å². The van der Waals surface area contributed by atoms with Crippen LogP contribution in [0.5, 0.6) is 0 Å². The molecule has 0 unspecified atom stereocenters. The van der Waals surface area contributed by atoms with Gasteiger partial charge in [-0.2, -0.15) is 36.0 Å². The first-order valence-electron chi connectivity index (χ1n) is 14.1. The molecular weight excluding hydrogens is 617 g/mol. The Hall–Kier alpha value is -4.40. The summed E-state index contributed by atoms with van der Waals surface area (Å²) in [6.07, 6.45) is -0.722. The highest BCUT2D eigenvalue weighted by atomic mass is 32.2. The number of carbonyl (C=O) groups excluding carboxylic acids is 3. The summed E-state index contributed by atoms with van der Waals surface area (Å²) in [6, 6.07) is 12.8. The lowest BCUT2D eigenvalue weighted by Crippen LogP contribution is -2.53. The SMILES string of the molecule is CCOC(=O)N(/N=C1\C(=O)N(Cc2ccccc2N(C(=O)OCC)S(=O)(=O)C(F)(F)F)[C@H](C)C2=C[C@]21C(C)C)c1ccccc1. The quantitative estimate of drug-likeness (QED) is 0.247. The van der Waals surface area contributed by atoms with Crippen LogP contribution in [-0.4, -0.2) is 61.9 Å². The molecule has 1 aliphatic carbocycles. The van der Waals surface area contributed by atoms with Crippen molar-refractivity contribution in [2.75, 3.05) is 22.5 Å². The summed E-state index contributed by atoms with van der Waals surface area (Å²) in [4.78, 5) is 41.3. The van der Waals surface area contributed by atoms with Crippen molar-refractivity contribution in [3.63, 3.8) is 0 Å². The largest absolute Gasteiger partial charge is 0.517 e. The first kappa shape index (κ1) is 33.5. The van der Waals surface area contributed by atoms with Crippen LogP contribution in [0.3, 0.4) is 0 Å². The normalized spacial score (nSPS) is 20.4. The van der Waals surface area contributed by atoms with Gasteiger partial charge in [0.25, 0.3) is 5.91 Å². The summed E-state index contributed by atoms with van der Waals surface area (Å²) in [5, 5.41) is 5.51. The molecule has 2 aromatic carbocycles. The Labute approximate surface area is 258 Å². The summed E-state index contributed by atoms with van der Waals surface area (Å²) in [5.41, 5.74) is -6.35. The van der Waals surface area contributed by atoms with Crippen LogP contribution in [0.4, 0.5) is 34.1 Å². The smallest absolute Gasteiger partial charge is 0.449 e. The molecule has 1 fully saturated rings. The number of rotatable bonds is 9. The highest BCUT2D eigenvalue weighted by Crippen LogP contribution is 2.57. The lowest BCUT2D eigenvalue weighted by molar-refractivity contribution is -0.127. The molecule has 1 saturated heterocycles. The van der Waals surface area contributed by atoms with Gasteiger partial charge in [-0.15, -0.1) is 0 Å². The number of hydrazone groups is 1. The molecular formula is C30H33F3N4O7S. The van der Waals surface area contributed by atoms with E-state index >= 15 is 0 Å². The number of likely N-dealkylation sites (tertiary alicyclic amines) is 1. The fourth-order valence-electron chi connectivity index (χ4n) is 5.34. The van der Waals surface area contributed by atoms with Crippen molar-refractivity contribution in [1.29, 1.82) is 0 Å². The van der Waals surface area contributed by atoms with Crippen molar-refractivity contribution in [1.82, 2.24) is 4.90 Å². The molecule has 11 nitrogen and oxygen atoms in total. The van der Waals surface area contributed by atoms with E-state index in [9.17, 15) is 36.0 Å². The van der Waals surface area contributed by atoms with Gasteiger partial charge in [0.05, 0.1) is 36.0 Å². The van der Waals surface area contributed by atoms with Crippen LogP contribution in [0.2, 0.25) is 0 Å². The van der Waals surface area contributed by atoms with Gasteiger partial charge in [0, 0.05) is 6.54 Å². The molecule has 0 N–H and O–H groups in total. The van der Waals surface area contributed by atoms with Crippen molar-refractivity contribution in [3.8, 4) is 0 Å². The molecule has 2 aromatic rings. The molecule has 15 heteroatoms. The zero-order chi connectivity index (χ0) is 33.3. The number of alkyl halides is 3. The van der Waals surface area contributed by atoms with Crippen molar-refractivity contribution >= 4 is 45.2 Å². The number of anilines is 2. The van der Waals surface area contributed by atoms with Crippen LogP contribution < -0.4 is 9.31 Å². The third-order valence-electron chi connectivity index (χ3n) is 7.62. The fraction of sp³-hybridized carbons (Fsp3) is 0.400. The number of ether oxygens (including phenoxy) is 2. The first-order valence-corrected chi connectivity index (χ1v) is 15.6. The van der Waals surface area contributed by atoms with Crippen molar-refractivity contribution in [2.45, 2.75) is 52.7 Å². The standard InChI is InChI=1S/C30H33F3N4O7S/c1-6-43-27(39)36(22-14-9-8-10-15-22)34-25-26(38)35(20(5)23-17-29(23,25)19(3)4)18-21-13-11-12-16-24(21)37(28(40)44-7-2)45(41,42)30(31,32)33/h8-17,19-20H,6-7,18H2,1-5H3/b34-25+/t20-,29+/m1/s1. The maximum atomic E-state index is 14.3. The topological polar surface area (TPSA) is 126 Å². The summed E-state index contributed by atoms with van der Waals surface area (Å²) in [5.74, 6) is -0.807. The number of allylic oxidation sites excluding steroid dienone is 1. The second-order valence-electron chi connectivity index (χ2n) is 10.6. The van der Waals surface area contributed by atoms with Crippen LogP contribution in [0.15, 0.2) is 71.3 Å². The summed E-state index contributed by atoms with van der Waals surface area (Å²) in [7, 11) is -6.24. The minimum Gasteiger partial charge on any atom is -0.449 e. The number of benzene rings is 2. The van der Waals surface area contributed by atoms with E-state index in [1.807, 2.05) is 19.9 Å². The Kier molecular flexibility index (Phi) is 9.33. The van der Waals surface area contributed by atoms with E-state index in [0.29, 0.717) is 5.69 Å². The van der Waals surface area contributed by atoms with Crippen LogP contribution in [-0.2, 0) is 30.8 Å². The van der Waals surface area contributed by atoms with Gasteiger partial charge in [-0.05, 0) is 56.0 Å². The Morgan fingerprint density at radius 3 is 2.16 bits per heavy atom. The van der Waals surface area contributed by atoms with E-state index in [0.717, 1.165) is 16.6 Å². The fourth-order valence-corrected chi connectivity index (χ4v) is 6.23. The maximum absolute atomic E-state index is 14.3. The minimum atomic E-state index is -6.24. The van der Waals surface area contributed by atoms with Gasteiger partial charge in [0.15, 0.2) is 0 Å². The molecule has 0 bridgehead atoms. The number of carbonyl (C=O) groups is 3. The maximum Gasteiger partial charge on any atom is 0.517 e. The predicted molar refractivity (Wildman–Crippen MR) is 160 cm³/mol. The minimum absolute atomic E-state index is 0.0230. The third kappa shape index (κ3) is 6.00. The zero-order valence-electron chi connectivity index (χ0n) is 25.2. The van der Waals surface area contributed by atoms with E-state index in [1.54, 1.807) is 44.2 Å². The van der Waals surface area contributed by atoms with Gasteiger partial charge in [-0.25, -0.2) is 9.59 Å². The van der Waals surface area contributed by atoms with Gasteiger partial charge in [-0.3, -0.25) is 4.79 Å². The zero-order valence-corrected chi connectivity index (χ0v) is 26.1. The average molecular weight is 651 g/mol. The molecule has 0 spiro atoms. The van der Waals surface area contributed by atoms with Crippen LogP contribution in [0, 0.1) is 11.3 Å². The van der Waals surface area contributed by atoms with E-state index in [1.165, 1.54) is 30.0 Å². The molecule has 0 saturated carbocycles. The summed E-state index contributed by atoms with van der Waals surface area (Å²) >= 11 is 0. The van der Waals surface area contributed by atoms with E-state index in [-0.39, 0.29) is 23.8 Å². The highest BCUT2D eigenvalue weighted by Gasteiger charge is 2.61. The molecule has 0 aromatic heterocycles. The van der Waals surface area contributed by atoms with Gasteiger partial charge in [-0.1, -0.05) is 56.3 Å². The molecule has 242 valence electrons. The average Bonchev–Trinajstić information content (AvgIpc) is 3.74. The predicted octanol–water partition coefficient (Wildman–Crippen LogP) is 5.83. The van der Waals surface area contributed by atoms with Gasteiger partial charge < -0.3 is 14.4 Å². The molecule has 0 radical (unpaired) electrons. The molecule has 1 heterocycles. The van der Waals surface area contributed by atoms with Gasteiger partial charge in [0.2, 0.25) is 0 Å². The van der Waals surface area contributed by atoms with E-state index < -0.39 is 68.2 Å². The highest BCUT2D eigenvalue weighted by molar-refractivity contribution is 7.94. The Morgan fingerprint density at radius 2 is 1.58 bits per heavy atom. The number of para-hydroxylation sites is 2. The van der Waals surface area contributed by atoms with Gasteiger partial charge >= 0.3 is 27.7 Å². The molecule has 2 atom stereocenters. The summed E-state index contributed by atoms with van der Waals surface area (Å²) in [6.45, 7) is 7.68. The Bertz CT molecular complexity index is 1640. The number of halogens is 3. The van der Waals surface area contributed by atoms with E-state index in [2.05, 4.69) is 9.84 Å². The number of piperidine rings is 1. The molecule has 4 rings (SSSR count). The molecule has 3 amide bonds. The van der Waals surface area contributed by atoms with Crippen LogP contribution in [0.25, 0.3) is 0 Å². The number of hydrogen-bond donors (Lipinski definition) is 0. The van der Waals surface area contributed by atoms with Crippen molar-refractivity contribution < 1.29 is 45.4 Å². The third-order valence-corrected chi connectivity index (χ3v) is 9.03. The van der Waals surface area contributed by atoms with Gasteiger partial charge in [0.1, 0.15) is 5.71 Å². The first-order chi connectivity index (χ1) is 21.1.